The van der Waals surface area contributed by atoms with Crippen LogP contribution in [0.25, 0.3) is 0 Å². The first kappa shape index (κ1) is 7.00. The fourth-order valence-electron chi connectivity index (χ4n) is 1.45. The number of aliphatic hydroxyl groups excluding tert-OH is 1. The SMILES string of the molecule is OC1CCN=CC2OCC=C12. The Bertz CT molecular complexity index is 210. The second-order valence-corrected chi connectivity index (χ2v) is 2.82. The van der Waals surface area contributed by atoms with Crippen molar-refractivity contribution in [3.05, 3.63) is 11.6 Å². The second-order valence-electron chi connectivity index (χ2n) is 2.82. The van der Waals surface area contributed by atoms with Crippen LogP contribution in [-0.4, -0.2) is 36.7 Å². The van der Waals surface area contributed by atoms with Crippen LogP contribution >= 0.6 is 0 Å². The van der Waals surface area contributed by atoms with Gasteiger partial charge in [0, 0.05) is 12.8 Å². The fraction of sp³-hybridized carbons (Fsp3) is 0.625. The molecule has 0 spiro atoms. The molecule has 2 rings (SSSR count). The molecule has 0 aliphatic carbocycles. The Morgan fingerprint density at radius 2 is 2.55 bits per heavy atom. The summed E-state index contributed by atoms with van der Waals surface area (Å²) in [5.41, 5.74) is 0.992. The molecule has 1 N–H and O–H groups in total. The van der Waals surface area contributed by atoms with E-state index in [4.69, 9.17) is 4.74 Å². The first-order valence-corrected chi connectivity index (χ1v) is 3.87. The molecule has 3 heteroatoms. The summed E-state index contributed by atoms with van der Waals surface area (Å²) < 4.78 is 5.31. The second kappa shape index (κ2) is 2.75. The maximum atomic E-state index is 9.53. The highest BCUT2D eigenvalue weighted by Crippen LogP contribution is 2.20. The maximum absolute atomic E-state index is 9.53. The van der Waals surface area contributed by atoms with E-state index in [1.165, 1.54) is 0 Å². The summed E-state index contributed by atoms with van der Waals surface area (Å²) in [5.74, 6) is 0. The largest absolute Gasteiger partial charge is 0.389 e. The molecule has 2 unspecified atom stereocenters. The minimum absolute atomic E-state index is 0.0486. The monoisotopic (exact) mass is 153 g/mol. The average Bonchev–Trinajstić information content (AvgIpc) is 2.40. The lowest BCUT2D eigenvalue weighted by Crippen LogP contribution is -2.19. The third kappa shape index (κ3) is 1.21. The summed E-state index contributed by atoms with van der Waals surface area (Å²) in [6.07, 6.45) is 4.07. The number of hydrogen-bond donors (Lipinski definition) is 1. The number of hydrogen-bond acceptors (Lipinski definition) is 3. The number of fused-ring (bicyclic) bond motifs is 1. The minimum Gasteiger partial charge on any atom is -0.389 e. The molecule has 3 nitrogen and oxygen atoms in total. The Kier molecular flexibility index (Phi) is 1.75. The smallest absolute Gasteiger partial charge is 0.116 e. The van der Waals surface area contributed by atoms with Crippen molar-refractivity contribution in [1.29, 1.82) is 0 Å². The number of nitrogens with zero attached hydrogens (tertiary/aromatic N) is 1. The van der Waals surface area contributed by atoms with Gasteiger partial charge in [0.05, 0.1) is 12.7 Å². The molecule has 2 atom stereocenters. The van der Waals surface area contributed by atoms with Gasteiger partial charge in [0.15, 0.2) is 0 Å². The van der Waals surface area contributed by atoms with E-state index in [-0.39, 0.29) is 12.2 Å². The molecule has 0 aromatic rings. The summed E-state index contributed by atoms with van der Waals surface area (Å²) in [7, 11) is 0. The van der Waals surface area contributed by atoms with Crippen LogP contribution in [0.2, 0.25) is 0 Å². The molecule has 0 fully saturated rings. The van der Waals surface area contributed by atoms with E-state index in [1.807, 2.05) is 6.08 Å². The Balaban J connectivity index is 2.22. The average molecular weight is 153 g/mol. The van der Waals surface area contributed by atoms with Gasteiger partial charge in [-0.1, -0.05) is 6.08 Å². The quantitative estimate of drug-likeness (QED) is 0.503. The molecular formula is C8H11NO2. The highest BCUT2D eigenvalue weighted by atomic mass is 16.5. The highest BCUT2D eigenvalue weighted by Gasteiger charge is 2.25. The van der Waals surface area contributed by atoms with E-state index in [0.29, 0.717) is 13.2 Å². The van der Waals surface area contributed by atoms with E-state index in [9.17, 15) is 5.11 Å². The van der Waals surface area contributed by atoms with Gasteiger partial charge in [0.2, 0.25) is 0 Å². The molecule has 60 valence electrons. The van der Waals surface area contributed by atoms with Crippen molar-refractivity contribution in [2.75, 3.05) is 13.2 Å². The third-order valence-electron chi connectivity index (χ3n) is 2.08. The zero-order chi connectivity index (χ0) is 7.68. The van der Waals surface area contributed by atoms with Crippen LogP contribution in [0, 0.1) is 0 Å². The summed E-state index contributed by atoms with van der Waals surface area (Å²) in [6.45, 7) is 1.32. The molecule has 2 aliphatic rings. The van der Waals surface area contributed by atoms with Crippen molar-refractivity contribution in [3.8, 4) is 0 Å². The Hall–Kier alpha value is -0.670. The molecule has 0 aromatic heterocycles. The zero-order valence-electron chi connectivity index (χ0n) is 6.23. The van der Waals surface area contributed by atoms with Gasteiger partial charge >= 0.3 is 0 Å². The van der Waals surface area contributed by atoms with Crippen LogP contribution in [0.4, 0.5) is 0 Å². The fourth-order valence-corrected chi connectivity index (χ4v) is 1.45. The predicted octanol–water partition coefficient (Wildman–Crippen LogP) is 0.147. The Labute approximate surface area is 65.4 Å². The van der Waals surface area contributed by atoms with Crippen LogP contribution < -0.4 is 0 Å². The van der Waals surface area contributed by atoms with Crippen molar-refractivity contribution >= 4 is 6.21 Å². The number of aliphatic hydroxyl groups is 1. The summed E-state index contributed by atoms with van der Waals surface area (Å²) in [4.78, 5) is 4.11. The molecule has 0 bridgehead atoms. The van der Waals surface area contributed by atoms with E-state index in [1.54, 1.807) is 6.21 Å². The maximum Gasteiger partial charge on any atom is 0.116 e. The van der Waals surface area contributed by atoms with Gasteiger partial charge in [-0.3, -0.25) is 4.99 Å². The lowest BCUT2D eigenvalue weighted by Gasteiger charge is -2.11. The van der Waals surface area contributed by atoms with E-state index in [2.05, 4.69) is 4.99 Å². The lowest BCUT2D eigenvalue weighted by atomic mass is 10.0. The molecule has 0 aromatic carbocycles. The Morgan fingerprint density at radius 1 is 1.64 bits per heavy atom. The van der Waals surface area contributed by atoms with Crippen molar-refractivity contribution in [3.63, 3.8) is 0 Å². The molecule has 11 heavy (non-hydrogen) atoms. The molecule has 2 aliphatic heterocycles. The van der Waals surface area contributed by atoms with Crippen molar-refractivity contribution < 1.29 is 9.84 Å². The third-order valence-corrected chi connectivity index (χ3v) is 2.08. The van der Waals surface area contributed by atoms with Crippen molar-refractivity contribution in [2.45, 2.75) is 18.6 Å². The van der Waals surface area contributed by atoms with Crippen LogP contribution in [0.1, 0.15) is 6.42 Å². The molecule has 0 radical (unpaired) electrons. The lowest BCUT2D eigenvalue weighted by molar-refractivity contribution is 0.142. The zero-order valence-corrected chi connectivity index (χ0v) is 6.23. The van der Waals surface area contributed by atoms with Gasteiger partial charge in [-0.25, -0.2) is 0 Å². The Morgan fingerprint density at radius 3 is 3.45 bits per heavy atom. The first-order chi connectivity index (χ1) is 5.38. The molecule has 0 amide bonds. The first-order valence-electron chi connectivity index (χ1n) is 3.87. The number of ether oxygens (including phenoxy) is 1. The van der Waals surface area contributed by atoms with Crippen LogP contribution in [0.5, 0.6) is 0 Å². The number of rotatable bonds is 0. The van der Waals surface area contributed by atoms with Crippen LogP contribution in [0.15, 0.2) is 16.6 Å². The highest BCUT2D eigenvalue weighted by molar-refractivity contribution is 5.69. The van der Waals surface area contributed by atoms with E-state index in [0.717, 1.165) is 12.0 Å². The van der Waals surface area contributed by atoms with Gasteiger partial charge < -0.3 is 9.84 Å². The van der Waals surface area contributed by atoms with Gasteiger partial charge in [0.1, 0.15) is 6.10 Å². The van der Waals surface area contributed by atoms with Crippen LogP contribution in [0.3, 0.4) is 0 Å². The molecule has 2 heterocycles. The molecular weight excluding hydrogens is 142 g/mol. The van der Waals surface area contributed by atoms with Gasteiger partial charge in [-0.05, 0) is 12.0 Å². The van der Waals surface area contributed by atoms with Crippen LogP contribution in [-0.2, 0) is 4.74 Å². The predicted molar refractivity (Wildman–Crippen MR) is 41.8 cm³/mol. The minimum atomic E-state index is -0.343. The van der Waals surface area contributed by atoms with Crippen molar-refractivity contribution in [1.82, 2.24) is 0 Å². The number of aliphatic imine (C=N–C) groups is 1. The summed E-state index contributed by atoms with van der Waals surface area (Å²) >= 11 is 0. The standard InChI is InChI=1S/C8H11NO2/c10-7-1-3-9-5-8-6(7)2-4-11-8/h2,5,7-8,10H,1,3-4H2. The van der Waals surface area contributed by atoms with Gasteiger partial charge in [-0.2, -0.15) is 0 Å². The molecule has 0 saturated heterocycles. The normalized spacial score (nSPS) is 36.3. The summed E-state index contributed by atoms with van der Waals surface area (Å²) in [5, 5.41) is 9.53. The topological polar surface area (TPSA) is 41.8 Å². The molecule has 0 saturated carbocycles. The van der Waals surface area contributed by atoms with Gasteiger partial charge in [0.25, 0.3) is 0 Å². The van der Waals surface area contributed by atoms with E-state index < -0.39 is 0 Å². The van der Waals surface area contributed by atoms with Crippen molar-refractivity contribution in [2.24, 2.45) is 4.99 Å². The summed E-state index contributed by atoms with van der Waals surface area (Å²) in [6, 6.07) is 0. The van der Waals surface area contributed by atoms with Gasteiger partial charge in [-0.15, -0.1) is 0 Å². The van der Waals surface area contributed by atoms with E-state index >= 15 is 0 Å².